The number of anilines is 2. The number of imide groups is 1. The first kappa shape index (κ1) is 75.2. The first-order valence-electron chi connectivity index (χ1n) is 34.2. The summed E-state index contributed by atoms with van der Waals surface area (Å²) in [5, 5.41) is 64.7. The molecular formula is C71H82N10O22S2. The molecule has 32 nitrogen and oxygen atoms in total. The number of hydrogen-bond donors (Lipinski definition) is 9. The van der Waals surface area contributed by atoms with Gasteiger partial charge in [0.2, 0.25) is 18.1 Å². The number of carbonyl (C=O) groups excluding carboxylic acids is 6. The van der Waals surface area contributed by atoms with Crippen molar-refractivity contribution in [1.82, 2.24) is 40.2 Å². The number of aliphatic hydroxyl groups is 3. The molecule has 4 saturated carbocycles. The predicted molar refractivity (Wildman–Crippen MR) is 373 cm³/mol. The van der Waals surface area contributed by atoms with Crippen LogP contribution in [-0.4, -0.2) is 223 Å². The Morgan fingerprint density at radius 1 is 0.848 bits per heavy atom. The van der Waals surface area contributed by atoms with E-state index in [0.717, 1.165) is 82.6 Å². The van der Waals surface area contributed by atoms with Gasteiger partial charge >= 0.3 is 18.0 Å². The number of carboxylic acids is 2. The number of benzene rings is 3. The van der Waals surface area contributed by atoms with Crippen LogP contribution in [-0.2, 0) is 79.2 Å². The van der Waals surface area contributed by atoms with Crippen molar-refractivity contribution in [3.05, 3.63) is 125 Å². The van der Waals surface area contributed by atoms with E-state index in [1.165, 1.54) is 34.4 Å². The van der Waals surface area contributed by atoms with E-state index in [-0.39, 0.29) is 97.6 Å². The Labute approximate surface area is 606 Å². The van der Waals surface area contributed by atoms with Crippen molar-refractivity contribution in [2.24, 2.45) is 16.2 Å². The fraction of sp³-hybridized carbons (Fsp3) is 0.479. The molecular weight excluding hydrogens is 1410 g/mol. The number of fused-ring (bicyclic) bond motifs is 2. The summed E-state index contributed by atoms with van der Waals surface area (Å²) in [6.07, 6.45) is -1.25. The highest BCUT2D eigenvalue weighted by Crippen LogP contribution is 2.72. The van der Waals surface area contributed by atoms with Gasteiger partial charge in [-0.05, 0) is 122 Å². The molecule has 4 aliphatic carbocycles. The molecule has 5 fully saturated rings. The van der Waals surface area contributed by atoms with E-state index in [0.29, 0.717) is 53.7 Å². The Balaban J connectivity index is 0.658. The molecule has 560 valence electrons. The van der Waals surface area contributed by atoms with Crippen LogP contribution >= 0.6 is 11.3 Å². The topological polar surface area (TPSA) is 437 Å². The third kappa shape index (κ3) is 17.1. The van der Waals surface area contributed by atoms with Crippen LogP contribution in [0.1, 0.15) is 102 Å². The number of aromatic nitrogens is 4. The number of amides is 6. The minimum Gasteiger partial charge on any atom is -0.491 e. The highest BCUT2D eigenvalue weighted by atomic mass is 32.2. The molecule has 3 aromatic carbocycles. The molecule has 7 aliphatic rings. The lowest BCUT2D eigenvalue weighted by atomic mass is 9.39. The van der Waals surface area contributed by atoms with Crippen molar-refractivity contribution in [2.45, 2.75) is 134 Å². The standard InChI is InChI=1S/C71H82N10O22S2/c1-40-46(44-14-15-52(76-56(44)63(90)91)79-21-18-41-8-7-9-45(47(41)30-79)61(88)77-66-75-48-10-5-6-11-51(48)104-66)29-73-81(40)39-70-34-68(2)33-69(3,35-70)37-71(36-68,38-70)101-25-23-78(4)67(94)100-31-42-12-13-43(102-65-59(87)57(85)58(86)60(103-65)64(92)93)28-50(42)99-27-26-98-24-20-72-62(89)49(32-105(95,96)97)74-53(82)19-22-80-54(83)16-17-55(80)84/h5-17,28-29,49,57-60,65,85-87H,18-27,30-39H2,1-4H3,(H,72,89)(H,74,82)(H,90,91)(H,92,93)(H,75,77,88)(H,95,96,97)/t49-,57-,58-,59+,60-,65+,68?,69?,70?,71?/m0/s1. The molecule has 8 atom stereocenters. The highest BCUT2D eigenvalue weighted by molar-refractivity contribution is 7.85. The first-order valence-corrected chi connectivity index (χ1v) is 36.6. The van der Waals surface area contributed by atoms with Crippen LogP contribution in [0.2, 0.25) is 0 Å². The number of nitrogens with zero attached hydrogens (tertiary/aromatic N) is 7. The molecule has 6 amide bonds. The average molecular weight is 1490 g/mol. The van der Waals surface area contributed by atoms with Crippen molar-refractivity contribution in [3.63, 3.8) is 0 Å². The van der Waals surface area contributed by atoms with Gasteiger partial charge in [0.1, 0.15) is 60.6 Å². The van der Waals surface area contributed by atoms with Crippen molar-refractivity contribution in [3.8, 4) is 22.6 Å². The Hall–Kier alpha value is -9.52. The summed E-state index contributed by atoms with van der Waals surface area (Å²) < 4.78 is 71.4. The van der Waals surface area contributed by atoms with E-state index in [2.05, 4.69) is 34.8 Å². The zero-order chi connectivity index (χ0) is 74.9. The fourth-order valence-electron chi connectivity index (χ4n) is 16.5. The Bertz CT molecular complexity index is 4460. The smallest absolute Gasteiger partial charge is 0.409 e. The molecule has 9 N–H and O–H groups in total. The summed E-state index contributed by atoms with van der Waals surface area (Å²) >= 11 is 1.40. The van der Waals surface area contributed by atoms with Gasteiger partial charge in [0.25, 0.3) is 27.8 Å². The largest absolute Gasteiger partial charge is 0.491 e. The molecule has 0 spiro atoms. The van der Waals surface area contributed by atoms with Crippen LogP contribution in [0.15, 0.2) is 91.1 Å². The molecule has 2 unspecified atom stereocenters. The minimum absolute atomic E-state index is 0.0414. The molecule has 13 rings (SSSR count). The Kier molecular flexibility index (Phi) is 21.8. The lowest BCUT2D eigenvalue weighted by Gasteiger charge is -2.69. The molecule has 3 aliphatic heterocycles. The van der Waals surface area contributed by atoms with Crippen LogP contribution in [0, 0.1) is 23.2 Å². The number of aliphatic hydroxyl groups excluding tert-OH is 3. The lowest BCUT2D eigenvalue weighted by Crippen LogP contribution is -2.64. The number of hydrogen-bond acceptors (Lipinski definition) is 24. The van der Waals surface area contributed by atoms with Crippen molar-refractivity contribution in [2.75, 3.05) is 75.6 Å². The summed E-state index contributed by atoms with van der Waals surface area (Å²) in [5.41, 5.74) is 4.26. The maximum atomic E-state index is 13.8. The summed E-state index contributed by atoms with van der Waals surface area (Å²) in [6.45, 7) is 6.84. The molecule has 34 heteroatoms. The number of likely N-dealkylation sites (N-methyl/N-ethyl adjacent to an activating group) is 1. The number of nitrogens with one attached hydrogen (secondary N) is 3. The molecule has 1 saturated heterocycles. The lowest BCUT2D eigenvalue weighted by molar-refractivity contribution is -0.271. The van der Waals surface area contributed by atoms with E-state index in [1.54, 1.807) is 25.4 Å². The van der Waals surface area contributed by atoms with Gasteiger partial charge < -0.3 is 74.4 Å². The SMILES string of the molecule is Cc1c(-c2ccc(N3CCc4cccc(C(=O)Nc5nc6ccccc6s5)c4C3)nc2C(=O)O)cnn1CC12CC3(C)CC(C)(C1)CC(OCCN(C)C(=O)OCc1ccc(O[C@@H]4O[C@H](C(=O)O)[C@@H](O)[C@H](O)[C@H]4O)cc1OCCOCCNC(=O)[C@H](CS(=O)(=O)O)NC(=O)CCN1C(=O)C=CC1=O)(C3)C2. The van der Waals surface area contributed by atoms with Crippen LogP contribution < -0.4 is 30.3 Å². The summed E-state index contributed by atoms with van der Waals surface area (Å²) in [5.74, 6) is -7.09. The van der Waals surface area contributed by atoms with E-state index in [9.17, 15) is 76.9 Å². The second-order valence-electron chi connectivity index (χ2n) is 28.6. The van der Waals surface area contributed by atoms with Gasteiger partial charge in [-0.2, -0.15) is 13.5 Å². The quantitative estimate of drug-likeness (QED) is 0.0173. The third-order valence-corrected chi connectivity index (χ3v) is 21.8. The van der Waals surface area contributed by atoms with Gasteiger partial charge in [-0.15, -0.1) is 0 Å². The van der Waals surface area contributed by atoms with E-state index >= 15 is 0 Å². The zero-order valence-electron chi connectivity index (χ0n) is 57.9. The second-order valence-corrected chi connectivity index (χ2v) is 31.1. The van der Waals surface area contributed by atoms with Gasteiger partial charge in [-0.3, -0.25) is 43.4 Å². The van der Waals surface area contributed by atoms with Gasteiger partial charge in [0.05, 0.1) is 41.8 Å². The normalized spacial score (nSPS) is 24.9. The maximum absolute atomic E-state index is 13.8. The number of carbonyl (C=O) groups is 8. The molecule has 6 heterocycles. The van der Waals surface area contributed by atoms with Crippen molar-refractivity contribution < 1.29 is 105 Å². The number of para-hydroxylation sites is 1. The number of pyridine rings is 1. The maximum Gasteiger partial charge on any atom is 0.409 e. The predicted octanol–water partition coefficient (Wildman–Crippen LogP) is 4.25. The van der Waals surface area contributed by atoms with Gasteiger partial charge in [-0.25, -0.2) is 24.4 Å². The van der Waals surface area contributed by atoms with Crippen molar-refractivity contribution >= 4 is 90.2 Å². The second kappa shape index (κ2) is 30.5. The molecule has 105 heavy (non-hydrogen) atoms. The van der Waals surface area contributed by atoms with Crippen LogP contribution in [0.4, 0.5) is 15.7 Å². The summed E-state index contributed by atoms with van der Waals surface area (Å²) in [4.78, 5) is 116. The summed E-state index contributed by atoms with van der Waals surface area (Å²) in [7, 11) is -3.23. The van der Waals surface area contributed by atoms with E-state index in [1.807, 2.05) is 59.0 Å². The molecule has 0 radical (unpaired) electrons. The van der Waals surface area contributed by atoms with Gasteiger partial charge in [-0.1, -0.05) is 49.4 Å². The van der Waals surface area contributed by atoms with Crippen LogP contribution in [0.5, 0.6) is 11.5 Å². The number of aliphatic carboxylic acids is 1. The number of thiazole rings is 1. The average Bonchev–Trinajstić information content (AvgIpc) is 1.60. The first-order chi connectivity index (χ1) is 49.9. The molecule has 6 aromatic rings. The summed E-state index contributed by atoms with van der Waals surface area (Å²) in [6, 6.07) is 19.3. The third-order valence-electron chi connectivity index (χ3n) is 20.1. The van der Waals surface area contributed by atoms with Gasteiger partial charge in [0.15, 0.2) is 16.9 Å². The van der Waals surface area contributed by atoms with E-state index < -0.39 is 106 Å². The Morgan fingerprint density at radius 2 is 1.60 bits per heavy atom. The minimum atomic E-state index is -4.80. The van der Waals surface area contributed by atoms with Crippen molar-refractivity contribution in [1.29, 1.82) is 0 Å². The zero-order valence-corrected chi connectivity index (χ0v) is 59.6. The van der Waals surface area contributed by atoms with Crippen LogP contribution in [0.25, 0.3) is 21.3 Å². The highest BCUT2D eigenvalue weighted by Gasteiger charge is 2.66. The molecule has 3 aromatic heterocycles. The Morgan fingerprint density at radius 3 is 2.32 bits per heavy atom. The number of carboxylic acid groups (broad SMARTS) is 2. The monoisotopic (exact) mass is 1490 g/mol. The number of rotatable bonds is 30. The fourth-order valence-corrected chi connectivity index (χ4v) is 18.0. The van der Waals surface area contributed by atoms with Gasteiger partial charge in [0, 0.05) is 98.9 Å². The van der Waals surface area contributed by atoms with E-state index in [4.69, 9.17) is 38.5 Å². The molecule has 4 bridgehead atoms. The number of ether oxygens (including phenoxy) is 6. The van der Waals surface area contributed by atoms with Crippen LogP contribution in [0.3, 0.4) is 0 Å². The number of aromatic carboxylic acids is 1.